The molecule has 1 atom stereocenters. The number of rotatable bonds is 19. The van der Waals surface area contributed by atoms with Crippen molar-refractivity contribution in [3.8, 4) is 0 Å². The predicted molar refractivity (Wildman–Crippen MR) is 137 cm³/mol. The van der Waals surface area contributed by atoms with E-state index in [4.69, 9.17) is 0 Å². The summed E-state index contributed by atoms with van der Waals surface area (Å²) in [6, 6.07) is 7.23. The third kappa shape index (κ3) is 10.1. The van der Waals surface area contributed by atoms with Crippen LogP contribution in [0.4, 0.5) is 11.4 Å². The first-order valence-electron chi connectivity index (χ1n) is 13.2. The van der Waals surface area contributed by atoms with Crippen LogP contribution in [-0.2, 0) is 10.3 Å². The van der Waals surface area contributed by atoms with Gasteiger partial charge in [0.25, 0.3) is 0 Å². The number of hydrogen-bond donors (Lipinski definition) is 2. The Hall–Kier alpha value is -1.27. The smallest absolute Gasteiger partial charge is 0.361 e. The molecule has 0 fully saturated rings. The molecule has 0 amide bonds. The molecule has 0 saturated heterocycles. The molecule has 2 rings (SSSR count). The largest absolute Gasteiger partial charge is 0.363 e. The number of unbranched alkanes of at least 4 members (excludes halogenated alkanes) is 16. The summed E-state index contributed by atoms with van der Waals surface area (Å²) in [6.07, 6.45) is 22.9. The SMILES string of the molecule is CCCCCCCCCCCCCCCCCCCC1Nc2ccccc2N1S(=O)(=O)O. The van der Waals surface area contributed by atoms with E-state index in [1.807, 2.05) is 12.1 Å². The summed E-state index contributed by atoms with van der Waals surface area (Å²) in [5.74, 6) is 0. The Labute approximate surface area is 197 Å². The zero-order chi connectivity index (χ0) is 23.1. The van der Waals surface area contributed by atoms with Crippen LogP contribution in [-0.4, -0.2) is 19.1 Å². The minimum atomic E-state index is -4.27. The summed E-state index contributed by atoms with van der Waals surface area (Å²) in [6.45, 7) is 2.27. The summed E-state index contributed by atoms with van der Waals surface area (Å²) in [5, 5.41) is 3.23. The second-order valence-electron chi connectivity index (χ2n) is 9.40. The van der Waals surface area contributed by atoms with Gasteiger partial charge in [-0.2, -0.15) is 8.42 Å². The van der Waals surface area contributed by atoms with E-state index in [2.05, 4.69) is 12.2 Å². The number of hydrogen-bond acceptors (Lipinski definition) is 3. The molecule has 2 N–H and O–H groups in total. The maximum absolute atomic E-state index is 11.8. The van der Waals surface area contributed by atoms with Crippen LogP contribution in [0.3, 0.4) is 0 Å². The Morgan fingerprint density at radius 1 is 0.750 bits per heavy atom. The molecule has 0 saturated carbocycles. The number of anilines is 2. The van der Waals surface area contributed by atoms with E-state index in [0.717, 1.165) is 22.8 Å². The van der Waals surface area contributed by atoms with Gasteiger partial charge in [0.2, 0.25) is 0 Å². The third-order valence-corrected chi connectivity index (χ3v) is 7.52. The maximum atomic E-state index is 11.8. The van der Waals surface area contributed by atoms with Gasteiger partial charge in [-0.25, -0.2) is 4.31 Å². The highest BCUT2D eigenvalue weighted by Crippen LogP contribution is 2.37. The van der Waals surface area contributed by atoms with Crippen molar-refractivity contribution < 1.29 is 13.0 Å². The minimum Gasteiger partial charge on any atom is -0.363 e. The van der Waals surface area contributed by atoms with Crippen molar-refractivity contribution in [3.63, 3.8) is 0 Å². The lowest BCUT2D eigenvalue weighted by Crippen LogP contribution is -2.40. The fraction of sp³-hybridized carbons (Fsp3) is 0.769. The topological polar surface area (TPSA) is 69.6 Å². The van der Waals surface area contributed by atoms with Crippen LogP contribution in [0, 0.1) is 0 Å². The van der Waals surface area contributed by atoms with Gasteiger partial charge in [0, 0.05) is 0 Å². The van der Waals surface area contributed by atoms with Crippen molar-refractivity contribution in [3.05, 3.63) is 24.3 Å². The molecule has 1 aromatic rings. The summed E-state index contributed by atoms with van der Waals surface area (Å²) >= 11 is 0. The van der Waals surface area contributed by atoms with Crippen molar-refractivity contribution in [2.45, 2.75) is 129 Å². The summed E-state index contributed by atoms with van der Waals surface area (Å²) in [4.78, 5) is 0. The molecule has 6 heteroatoms. The monoisotopic (exact) mass is 466 g/mol. The number of fused-ring (bicyclic) bond motifs is 1. The highest BCUT2D eigenvalue weighted by molar-refractivity contribution is 7.87. The van der Waals surface area contributed by atoms with Crippen LogP contribution < -0.4 is 9.62 Å². The molecule has 1 unspecified atom stereocenters. The van der Waals surface area contributed by atoms with Gasteiger partial charge < -0.3 is 5.32 Å². The lowest BCUT2D eigenvalue weighted by atomic mass is 10.0. The molecular weight excluding hydrogens is 420 g/mol. The van der Waals surface area contributed by atoms with E-state index in [1.165, 1.54) is 96.3 Å². The predicted octanol–water partition coefficient (Wildman–Crippen LogP) is 8.09. The van der Waals surface area contributed by atoms with Gasteiger partial charge in [0.05, 0.1) is 11.4 Å². The van der Waals surface area contributed by atoms with E-state index in [9.17, 15) is 13.0 Å². The summed E-state index contributed by atoms with van der Waals surface area (Å²) in [5.41, 5.74) is 1.30. The highest BCUT2D eigenvalue weighted by atomic mass is 32.2. The molecule has 1 aliphatic rings. The highest BCUT2D eigenvalue weighted by Gasteiger charge is 2.35. The van der Waals surface area contributed by atoms with E-state index >= 15 is 0 Å². The number of nitrogens with one attached hydrogen (secondary N) is 1. The Kier molecular flexibility index (Phi) is 13.1. The first kappa shape index (κ1) is 27.0. The van der Waals surface area contributed by atoms with Crippen LogP contribution in [0.5, 0.6) is 0 Å². The Bertz CT molecular complexity index is 724. The van der Waals surface area contributed by atoms with Gasteiger partial charge in [0.1, 0.15) is 6.17 Å². The molecule has 0 aromatic heterocycles. The number of nitrogens with zero attached hydrogens (tertiary/aromatic N) is 1. The van der Waals surface area contributed by atoms with Crippen LogP contribution in [0.1, 0.15) is 122 Å². The molecule has 1 heterocycles. The molecule has 184 valence electrons. The van der Waals surface area contributed by atoms with Gasteiger partial charge >= 0.3 is 10.3 Å². The van der Waals surface area contributed by atoms with Crippen LogP contribution in [0.2, 0.25) is 0 Å². The van der Waals surface area contributed by atoms with E-state index in [-0.39, 0.29) is 0 Å². The van der Waals surface area contributed by atoms with Gasteiger partial charge in [-0.05, 0) is 25.0 Å². The van der Waals surface area contributed by atoms with E-state index in [1.54, 1.807) is 12.1 Å². The molecule has 0 radical (unpaired) electrons. The van der Waals surface area contributed by atoms with Crippen molar-refractivity contribution in [2.24, 2.45) is 0 Å². The summed E-state index contributed by atoms with van der Waals surface area (Å²) in [7, 11) is -4.27. The first-order chi connectivity index (χ1) is 15.5. The molecular formula is C26H46N2O3S. The van der Waals surface area contributed by atoms with Crippen molar-refractivity contribution in [1.82, 2.24) is 0 Å². The maximum Gasteiger partial charge on any atom is 0.361 e. The second kappa shape index (κ2) is 15.5. The second-order valence-corrected chi connectivity index (χ2v) is 10.7. The van der Waals surface area contributed by atoms with Crippen LogP contribution in [0.15, 0.2) is 24.3 Å². The van der Waals surface area contributed by atoms with Gasteiger partial charge in [0.15, 0.2) is 0 Å². The molecule has 32 heavy (non-hydrogen) atoms. The molecule has 0 bridgehead atoms. The van der Waals surface area contributed by atoms with Gasteiger partial charge in [-0.3, -0.25) is 4.55 Å². The van der Waals surface area contributed by atoms with Gasteiger partial charge in [-0.1, -0.05) is 122 Å². The minimum absolute atomic E-state index is 0.390. The summed E-state index contributed by atoms with van der Waals surface area (Å²) < 4.78 is 34.4. The lowest BCUT2D eigenvalue weighted by Gasteiger charge is -2.23. The number of para-hydroxylation sites is 2. The van der Waals surface area contributed by atoms with Crippen molar-refractivity contribution in [1.29, 1.82) is 0 Å². The van der Waals surface area contributed by atoms with E-state index < -0.39 is 16.5 Å². The van der Waals surface area contributed by atoms with E-state index in [0.29, 0.717) is 12.1 Å². The van der Waals surface area contributed by atoms with Crippen LogP contribution >= 0.6 is 0 Å². The quantitative estimate of drug-likeness (QED) is 0.160. The first-order valence-corrected chi connectivity index (χ1v) is 14.6. The van der Waals surface area contributed by atoms with Crippen LogP contribution in [0.25, 0.3) is 0 Å². The normalized spacial score (nSPS) is 15.7. The molecule has 1 aliphatic heterocycles. The zero-order valence-electron chi connectivity index (χ0n) is 20.2. The molecule has 0 aliphatic carbocycles. The van der Waals surface area contributed by atoms with Crippen molar-refractivity contribution in [2.75, 3.05) is 9.62 Å². The van der Waals surface area contributed by atoms with Gasteiger partial charge in [-0.15, -0.1) is 0 Å². The lowest BCUT2D eigenvalue weighted by molar-refractivity contribution is 0.467. The average Bonchev–Trinajstić information content (AvgIpc) is 3.14. The van der Waals surface area contributed by atoms with Crippen molar-refractivity contribution >= 4 is 21.7 Å². The molecule has 0 spiro atoms. The molecule has 5 nitrogen and oxygen atoms in total. The zero-order valence-corrected chi connectivity index (χ0v) is 21.1. The number of benzene rings is 1. The fourth-order valence-electron chi connectivity index (χ4n) is 4.73. The fourth-order valence-corrected chi connectivity index (χ4v) is 5.62. The average molecular weight is 467 g/mol. The third-order valence-electron chi connectivity index (χ3n) is 6.58. The Morgan fingerprint density at radius 3 is 1.66 bits per heavy atom. The molecule has 1 aromatic carbocycles. The Balaban J connectivity index is 1.42. The Morgan fingerprint density at radius 2 is 1.19 bits per heavy atom. The standard InChI is InChI=1S/C26H46N2O3S/c1-2-3-4-5-6-7-8-9-10-11-12-13-14-15-16-17-18-23-26-27-24-21-19-20-22-25(24)28(26)32(29,30)31/h19-22,26-27H,2-18,23H2,1H3,(H,29,30,31).